The van der Waals surface area contributed by atoms with Crippen molar-refractivity contribution in [1.82, 2.24) is 9.80 Å². The van der Waals surface area contributed by atoms with Gasteiger partial charge in [0.25, 0.3) is 5.91 Å². The Balaban J connectivity index is 1.55. The van der Waals surface area contributed by atoms with Gasteiger partial charge in [-0.3, -0.25) is 4.79 Å². The Morgan fingerprint density at radius 3 is 2.46 bits per heavy atom. The summed E-state index contributed by atoms with van der Waals surface area (Å²) in [5.74, 6) is -0.0814. The van der Waals surface area contributed by atoms with E-state index in [4.69, 9.17) is 14.2 Å². The number of rotatable bonds is 1. The highest BCUT2D eigenvalue weighted by Gasteiger charge is 2.39. The highest BCUT2D eigenvalue weighted by molar-refractivity contribution is 5.81. The van der Waals surface area contributed by atoms with E-state index in [0.29, 0.717) is 19.6 Å². The van der Waals surface area contributed by atoms with Gasteiger partial charge in [0, 0.05) is 25.7 Å². The van der Waals surface area contributed by atoms with Crippen LogP contribution in [0.2, 0.25) is 0 Å². The molecule has 0 aromatic heterocycles. The van der Waals surface area contributed by atoms with E-state index in [1.807, 2.05) is 52.0 Å². The number of amides is 2. The molecule has 0 saturated carbocycles. The largest absolute Gasteiger partial charge is 0.444 e. The first kappa shape index (κ1) is 18.9. The smallest absolute Gasteiger partial charge is 0.410 e. The average Bonchev–Trinajstić information content (AvgIpc) is 2.59. The van der Waals surface area contributed by atoms with Gasteiger partial charge in [0.15, 0.2) is 6.10 Å². The third-order valence-corrected chi connectivity index (χ3v) is 4.64. The van der Waals surface area contributed by atoms with E-state index in [0.717, 1.165) is 0 Å². The predicted octanol–water partition coefficient (Wildman–Crippen LogP) is 1.73. The molecular weight excluding hydrogens is 336 g/mol. The van der Waals surface area contributed by atoms with Gasteiger partial charge >= 0.3 is 6.09 Å². The van der Waals surface area contributed by atoms with Crippen molar-refractivity contribution >= 4 is 12.0 Å². The second-order valence-electron chi connectivity index (χ2n) is 7.96. The number of ether oxygens (including phenoxy) is 3. The second-order valence-corrected chi connectivity index (χ2v) is 7.96. The van der Waals surface area contributed by atoms with E-state index in [9.17, 15) is 9.59 Å². The zero-order valence-electron chi connectivity index (χ0n) is 15.9. The summed E-state index contributed by atoms with van der Waals surface area (Å²) in [6.07, 6.45) is 6.39. The zero-order valence-corrected chi connectivity index (χ0v) is 15.9. The molecule has 7 nitrogen and oxygen atoms in total. The van der Waals surface area contributed by atoms with E-state index in [1.54, 1.807) is 9.80 Å². The molecule has 4 atom stereocenters. The summed E-state index contributed by atoms with van der Waals surface area (Å²) >= 11 is 0. The molecule has 0 bridgehead atoms. The molecule has 2 aliphatic heterocycles. The van der Waals surface area contributed by atoms with Crippen molar-refractivity contribution in [3.63, 3.8) is 0 Å². The third kappa shape index (κ3) is 4.27. The number of carbonyl (C=O) groups is 2. The second kappa shape index (κ2) is 7.40. The Bertz CT molecular complexity index is 610. The lowest BCUT2D eigenvalue weighted by Crippen LogP contribution is -2.59. The molecule has 26 heavy (non-hydrogen) atoms. The molecule has 0 radical (unpaired) electrons. The van der Waals surface area contributed by atoms with Crippen molar-refractivity contribution in [2.75, 3.05) is 26.2 Å². The monoisotopic (exact) mass is 364 g/mol. The number of fused-ring (bicyclic) bond motifs is 1. The van der Waals surface area contributed by atoms with Gasteiger partial charge in [-0.05, 0) is 27.7 Å². The molecule has 2 heterocycles. The molecule has 2 saturated heterocycles. The van der Waals surface area contributed by atoms with Gasteiger partial charge in [-0.15, -0.1) is 0 Å². The number of hydrogen-bond acceptors (Lipinski definition) is 5. The molecule has 0 N–H and O–H groups in total. The normalized spacial score (nSPS) is 31.5. The highest BCUT2D eigenvalue weighted by Crippen LogP contribution is 2.23. The first-order valence-electron chi connectivity index (χ1n) is 9.15. The summed E-state index contributed by atoms with van der Waals surface area (Å²) in [4.78, 5) is 28.6. The van der Waals surface area contributed by atoms with E-state index < -0.39 is 11.7 Å². The van der Waals surface area contributed by atoms with Crippen LogP contribution in [0.25, 0.3) is 0 Å². The molecular formula is C19H28N2O5. The molecule has 3 aliphatic rings. The van der Waals surface area contributed by atoms with Gasteiger partial charge in [0.05, 0.1) is 6.61 Å². The lowest BCUT2D eigenvalue weighted by molar-refractivity contribution is -0.178. The number of piperazine rings is 1. The fraction of sp³-hybridized carbons (Fsp3) is 0.684. The Morgan fingerprint density at radius 1 is 1.12 bits per heavy atom. The fourth-order valence-electron chi connectivity index (χ4n) is 3.35. The molecule has 2 amide bonds. The van der Waals surface area contributed by atoms with Crippen LogP contribution < -0.4 is 0 Å². The molecule has 1 aliphatic carbocycles. The maximum atomic E-state index is 12.8. The Kier molecular flexibility index (Phi) is 5.39. The SMILES string of the molecule is CC1CN(C(=O)C2COC3C=CC=CC3O2)CCN1C(=O)OC(C)(C)C. The minimum Gasteiger partial charge on any atom is -0.444 e. The molecule has 7 heteroatoms. The lowest BCUT2D eigenvalue weighted by Gasteiger charge is -2.42. The summed E-state index contributed by atoms with van der Waals surface area (Å²) in [6.45, 7) is 9.08. The fourth-order valence-corrected chi connectivity index (χ4v) is 3.35. The van der Waals surface area contributed by atoms with Gasteiger partial charge < -0.3 is 24.0 Å². The van der Waals surface area contributed by atoms with Crippen LogP contribution in [0.3, 0.4) is 0 Å². The molecule has 0 spiro atoms. The van der Waals surface area contributed by atoms with Gasteiger partial charge in [-0.2, -0.15) is 0 Å². The predicted molar refractivity (Wildman–Crippen MR) is 95.7 cm³/mol. The van der Waals surface area contributed by atoms with Crippen molar-refractivity contribution in [2.24, 2.45) is 0 Å². The third-order valence-electron chi connectivity index (χ3n) is 4.64. The van der Waals surface area contributed by atoms with Crippen LogP contribution in [0.4, 0.5) is 4.79 Å². The minimum atomic E-state index is -0.604. The van der Waals surface area contributed by atoms with Gasteiger partial charge in [0.2, 0.25) is 0 Å². The van der Waals surface area contributed by atoms with Crippen molar-refractivity contribution in [1.29, 1.82) is 0 Å². The first-order valence-corrected chi connectivity index (χ1v) is 9.15. The number of nitrogens with zero attached hydrogens (tertiary/aromatic N) is 2. The summed E-state index contributed by atoms with van der Waals surface area (Å²) in [7, 11) is 0. The first-order chi connectivity index (χ1) is 12.2. The molecule has 4 unspecified atom stereocenters. The molecule has 144 valence electrons. The van der Waals surface area contributed by atoms with Crippen molar-refractivity contribution < 1.29 is 23.8 Å². The van der Waals surface area contributed by atoms with E-state index in [-0.39, 0.29) is 36.9 Å². The van der Waals surface area contributed by atoms with Crippen molar-refractivity contribution in [3.05, 3.63) is 24.3 Å². The summed E-state index contributed by atoms with van der Waals surface area (Å²) in [5.41, 5.74) is -0.532. The van der Waals surface area contributed by atoms with Crippen molar-refractivity contribution in [2.45, 2.75) is 57.6 Å². The lowest BCUT2D eigenvalue weighted by atomic mass is 10.1. The van der Waals surface area contributed by atoms with Crippen LogP contribution in [-0.2, 0) is 19.0 Å². The summed E-state index contributed by atoms with van der Waals surface area (Å²) in [6, 6.07) is -0.114. The quantitative estimate of drug-likeness (QED) is 0.709. The minimum absolute atomic E-state index is 0.0814. The summed E-state index contributed by atoms with van der Waals surface area (Å²) < 4.78 is 17.1. The maximum Gasteiger partial charge on any atom is 0.410 e. The Hall–Kier alpha value is -1.86. The highest BCUT2D eigenvalue weighted by atomic mass is 16.6. The van der Waals surface area contributed by atoms with Crippen molar-refractivity contribution in [3.8, 4) is 0 Å². The zero-order chi connectivity index (χ0) is 18.9. The van der Waals surface area contributed by atoms with Gasteiger partial charge in [-0.25, -0.2) is 4.79 Å². The van der Waals surface area contributed by atoms with Crippen LogP contribution >= 0.6 is 0 Å². The average molecular weight is 364 g/mol. The summed E-state index contributed by atoms with van der Waals surface area (Å²) in [5, 5.41) is 0. The van der Waals surface area contributed by atoms with Crippen LogP contribution in [0.15, 0.2) is 24.3 Å². The Labute approximate surface area is 154 Å². The Morgan fingerprint density at radius 2 is 1.81 bits per heavy atom. The van der Waals surface area contributed by atoms with E-state index in [2.05, 4.69) is 0 Å². The van der Waals surface area contributed by atoms with Crippen LogP contribution in [0.1, 0.15) is 27.7 Å². The van der Waals surface area contributed by atoms with Gasteiger partial charge in [-0.1, -0.05) is 24.3 Å². The van der Waals surface area contributed by atoms with Crippen LogP contribution in [0, 0.1) is 0 Å². The molecule has 3 rings (SSSR count). The topological polar surface area (TPSA) is 68.3 Å². The standard InChI is InChI=1S/C19H28N2O5/c1-13-11-20(9-10-21(13)18(23)26-19(2,3)4)17(22)16-12-24-14-7-5-6-8-15(14)25-16/h5-8,13-16H,9-12H2,1-4H3. The number of hydrogen-bond donors (Lipinski definition) is 0. The van der Waals surface area contributed by atoms with Gasteiger partial charge in [0.1, 0.15) is 17.8 Å². The molecule has 2 fully saturated rings. The molecule has 0 aromatic rings. The maximum absolute atomic E-state index is 12.8. The number of allylic oxidation sites excluding steroid dienone is 2. The number of carbonyl (C=O) groups excluding carboxylic acids is 2. The van der Waals surface area contributed by atoms with E-state index >= 15 is 0 Å². The van der Waals surface area contributed by atoms with Crippen LogP contribution in [-0.4, -0.2) is 78.0 Å². The molecule has 0 aromatic carbocycles. The van der Waals surface area contributed by atoms with Crippen LogP contribution in [0.5, 0.6) is 0 Å². The van der Waals surface area contributed by atoms with E-state index in [1.165, 1.54) is 0 Å².